The molecule has 0 fully saturated rings. The highest BCUT2D eigenvalue weighted by atomic mass is 19.3. The minimum atomic E-state index is -3.12. The molecular weight excluding hydrogens is 189 g/mol. The van der Waals surface area contributed by atoms with Crippen LogP contribution in [-0.2, 0) is 5.92 Å². The maximum Gasteiger partial charge on any atom is 0.273 e. The number of halogens is 3. The minimum Gasteiger partial charge on any atom is -0.206 e. The van der Waals surface area contributed by atoms with E-state index >= 15 is 0 Å². The number of hydrogen-bond donors (Lipinski definition) is 0. The van der Waals surface area contributed by atoms with Crippen molar-refractivity contribution in [3.8, 4) is 0 Å². The lowest BCUT2D eigenvalue weighted by atomic mass is 9.98. The Kier molecular flexibility index (Phi) is 2.88. The van der Waals surface area contributed by atoms with Gasteiger partial charge in [-0.25, -0.2) is 13.2 Å². The number of rotatable bonds is 2. The third kappa shape index (κ3) is 2.28. The predicted octanol–water partition coefficient (Wildman–Crippen LogP) is 4.06. The zero-order valence-corrected chi connectivity index (χ0v) is 8.44. The van der Waals surface area contributed by atoms with E-state index in [4.69, 9.17) is 0 Å². The molecule has 0 bridgehead atoms. The van der Waals surface area contributed by atoms with E-state index < -0.39 is 17.3 Å². The van der Waals surface area contributed by atoms with Crippen LogP contribution in [0, 0.1) is 5.82 Å². The van der Waals surface area contributed by atoms with Gasteiger partial charge < -0.3 is 0 Å². The summed E-state index contributed by atoms with van der Waals surface area (Å²) in [5, 5.41) is 0. The zero-order valence-electron chi connectivity index (χ0n) is 8.44. The molecule has 78 valence electrons. The lowest BCUT2D eigenvalue weighted by molar-refractivity contribution is 0.0137. The molecule has 1 aromatic carbocycles. The van der Waals surface area contributed by atoms with Crippen molar-refractivity contribution in [3.63, 3.8) is 0 Å². The molecule has 1 rings (SSSR count). The lowest BCUT2D eigenvalue weighted by Crippen LogP contribution is -2.10. The fourth-order valence-electron chi connectivity index (χ4n) is 1.24. The van der Waals surface area contributed by atoms with Gasteiger partial charge in [-0.05, 0) is 23.6 Å². The molecule has 0 radical (unpaired) electrons. The van der Waals surface area contributed by atoms with Crippen molar-refractivity contribution in [1.82, 2.24) is 0 Å². The van der Waals surface area contributed by atoms with Crippen LogP contribution < -0.4 is 0 Å². The molecule has 0 unspecified atom stereocenters. The SMILES string of the molecule is CC(C)c1ccc(F)c(C(C)(F)F)c1. The van der Waals surface area contributed by atoms with E-state index in [0.717, 1.165) is 11.6 Å². The van der Waals surface area contributed by atoms with Crippen LogP contribution in [0.3, 0.4) is 0 Å². The van der Waals surface area contributed by atoms with Gasteiger partial charge in [0.2, 0.25) is 0 Å². The van der Waals surface area contributed by atoms with Gasteiger partial charge in [0, 0.05) is 6.92 Å². The van der Waals surface area contributed by atoms with Crippen LogP contribution in [0.1, 0.15) is 37.8 Å². The summed E-state index contributed by atoms with van der Waals surface area (Å²) in [5.41, 5.74) is 0.201. The molecule has 0 aliphatic rings. The zero-order chi connectivity index (χ0) is 10.9. The molecule has 1 aromatic rings. The quantitative estimate of drug-likeness (QED) is 0.678. The molecule has 0 aliphatic carbocycles. The number of hydrogen-bond acceptors (Lipinski definition) is 0. The summed E-state index contributed by atoms with van der Waals surface area (Å²) in [5.74, 6) is -3.84. The van der Waals surface area contributed by atoms with Gasteiger partial charge in [-0.3, -0.25) is 0 Å². The van der Waals surface area contributed by atoms with Crippen LogP contribution in [0.25, 0.3) is 0 Å². The third-order valence-corrected chi connectivity index (χ3v) is 2.13. The summed E-state index contributed by atoms with van der Waals surface area (Å²) < 4.78 is 38.9. The first-order valence-corrected chi connectivity index (χ1v) is 4.50. The summed E-state index contributed by atoms with van der Waals surface area (Å²) in [6.45, 7) is 4.46. The van der Waals surface area contributed by atoms with Crippen molar-refractivity contribution in [2.75, 3.05) is 0 Å². The highest BCUT2D eigenvalue weighted by Gasteiger charge is 2.28. The first-order valence-electron chi connectivity index (χ1n) is 4.50. The molecule has 0 saturated carbocycles. The van der Waals surface area contributed by atoms with E-state index in [1.807, 2.05) is 13.8 Å². The van der Waals surface area contributed by atoms with E-state index in [1.165, 1.54) is 12.1 Å². The van der Waals surface area contributed by atoms with E-state index in [2.05, 4.69) is 0 Å². The van der Waals surface area contributed by atoms with Gasteiger partial charge in [-0.15, -0.1) is 0 Å². The van der Waals surface area contributed by atoms with Crippen LogP contribution in [-0.4, -0.2) is 0 Å². The Labute approximate surface area is 81.8 Å². The Bertz CT molecular complexity index is 324. The summed E-state index contributed by atoms with van der Waals surface area (Å²) in [6, 6.07) is 3.87. The van der Waals surface area contributed by atoms with E-state index in [0.29, 0.717) is 6.92 Å². The normalized spacial score (nSPS) is 12.2. The summed E-state index contributed by atoms with van der Waals surface area (Å²) in [4.78, 5) is 0. The molecule has 3 heteroatoms. The van der Waals surface area contributed by atoms with E-state index in [9.17, 15) is 13.2 Å². The first kappa shape index (κ1) is 11.1. The van der Waals surface area contributed by atoms with Gasteiger partial charge in [0.15, 0.2) is 0 Å². The second-order valence-corrected chi connectivity index (χ2v) is 3.78. The molecule has 0 spiro atoms. The van der Waals surface area contributed by atoms with Crippen molar-refractivity contribution in [2.45, 2.75) is 32.6 Å². The van der Waals surface area contributed by atoms with Crippen LogP contribution in [0.4, 0.5) is 13.2 Å². The molecule has 0 amide bonds. The fraction of sp³-hybridized carbons (Fsp3) is 0.455. The maximum absolute atomic E-state index is 13.0. The topological polar surface area (TPSA) is 0 Å². The molecule has 0 N–H and O–H groups in total. The van der Waals surface area contributed by atoms with Crippen molar-refractivity contribution in [1.29, 1.82) is 0 Å². The third-order valence-electron chi connectivity index (χ3n) is 2.13. The maximum atomic E-state index is 13.0. The first-order chi connectivity index (χ1) is 6.32. The monoisotopic (exact) mass is 202 g/mol. The van der Waals surface area contributed by atoms with Gasteiger partial charge in [0.25, 0.3) is 5.92 Å². The molecule has 0 atom stereocenters. The van der Waals surface area contributed by atoms with Crippen LogP contribution in [0.2, 0.25) is 0 Å². The largest absolute Gasteiger partial charge is 0.273 e. The van der Waals surface area contributed by atoms with Gasteiger partial charge in [0.1, 0.15) is 5.82 Å². The molecule has 14 heavy (non-hydrogen) atoms. The van der Waals surface area contributed by atoms with E-state index in [-0.39, 0.29) is 5.92 Å². The van der Waals surface area contributed by atoms with Crippen molar-refractivity contribution < 1.29 is 13.2 Å². The molecule has 0 aliphatic heterocycles. The molecule has 0 heterocycles. The average Bonchev–Trinajstić information content (AvgIpc) is 2.02. The predicted molar refractivity (Wildman–Crippen MR) is 50.1 cm³/mol. The Morgan fingerprint density at radius 2 is 1.79 bits per heavy atom. The Balaban J connectivity index is 3.22. The summed E-state index contributed by atoms with van der Waals surface area (Å²) >= 11 is 0. The van der Waals surface area contributed by atoms with Crippen molar-refractivity contribution in [3.05, 3.63) is 35.1 Å². The van der Waals surface area contributed by atoms with E-state index in [1.54, 1.807) is 0 Å². The highest BCUT2D eigenvalue weighted by molar-refractivity contribution is 5.29. The smallest absolute Gasteiger partial charge is 0.206 e. The molecule has 0 saturated heterocycles. The van der Waals surface area contributed by atoms with Gasteiger partial charge in [-0.1, -0.05) is 19.9 Å². The fourth-order valence-corrected chi connectivity index (χ4v) is 1.24. The average molecular weight is 202 g/mol. The highest BCUT2D eigenvalue weighted by Crippen LogP contribution is 2.31. The molecule has 0 nitrogen and oxygen atoms in total. The second kappa shape index (κ2) is 3.64. The van der Waals surface area contributed by atoms with Gasteiger partial charge in [-0.2, -0.15) is 0 Å². The Hall–Kier alpha value is -0.990. The minimum absolute atomic E-state index is 0.122. The van der Waals surface area contributed by atoms with Crippen LogP contribution >= 0.6 is 0 Å². The van der Waals surface area contributed by atoms with Gasteiger partial charge >= 0.3 is 0 Å². The van der Waals surface area contributed by atoms with Crippen LogP contribution in [0.15, 0.2) is 18.2 Å². The second-order valence-electron chi connectivity index (χ2n) is 3.78. The lowest BCUT2D eigenvalue weighted by Gasteiger charge is -2.14. The van der Waals surface area contributed by atoms with Crippen molar-refractivity contribution >= 4 is 0 Å². The molecule has 0 aromatic heterocycles. The summed E-state index contributed by atoms with van der Waals surface area (Å²) in [7, 11) is 0. The Morgan fingerprint density at radius 3 is 2.21 bits per heavy atom. The van der Waals surface area contributed by atoms with Crippen molar-refractivity contribution in [2.24, 2.45) is 0 Å². The standard InChI is InChI=1S/C11H13F3/c1-7(2)8-4-5-10(12)9(6-8)11(3,13)14/h4-7H,1-3H3. The number of benzene rings is 1. The van der Waals surface area contributed by atoms with Gasteiger partial charge in [0.05, 0.1) is 5.56 Å². The Morgan fingerprint density at radius 1 is 1.21 bits per heavy atom. The van der Waals surface area contributed by atoms with Crippen LogP contribution in [0.5, 0.6) is 0 Å². The number of alkyl halides is 2. The summed E-state index contributed by atoms with van der Waals surface area (Å²) in [6.07, 6.45) is 0. The molecular formula is C11H13F3.